The molecule has 0 bridgehead atoms. The van der Waals surface area contributed by atoms with E-state index in [2.05, 4.69) is 10.6 Å². The topological polar surface area (TPSA) is 70.6 Å². The molecule has 0 radical (unpaired) electrons. The van der Waals surface area contributed by atoms with E-state index < -0.39 is 6.10 Å². The highest BCUT2D eigenvalue weighted by atomic mass is 19.1. The highest BCUT2D eigenvalue weighted by Crippen LogP contribution is 2.17. The number of amides is 1. The van der Waals surface area contributed by atoms with Crippen molar-refractivity contribution in [1.82, 2.24) is 10.6 Å². The van der Waals surface area contributed by atoms with E-state index in [4.69, 9.17) is 4.74 Å². The molecule has 0 spiro atoms. The third kappa shape index (κ3) is 5.54. The molecule has 1 atom stereocenters. The first-order chi connectivity index (χ1) is 9.63. The Morgan fingerprint density at radius 1 is 1.40 bits per heavy atom. The van der Waals surface area contributed by atoms with E-state index in [9.17, 15) is 14.3 Å². The molecule has 3 N–H and O–H groups in total. The number of nitrogens with one attached hydrogen (secondary N) is 2. The second kappa shape index (κ2) is 7.21. The summed E-state index contributed by atoms with van der Waals surface area (Å²) in [7, 11) is 0. The summed E-state index contributed by atoms with van der Waals surface area (Å²) >= 11 is 0. The fraction of sp³-hybridized carbons (Fsp3) is 0.500. The van der Waals surface area contributed by atoms with Crippen LogP contribution in [0.5, 0.6) is 5.75 Å². The molecule has 110 valence electrons. The lowest BCUT2D eigenvalue weighted by Crippen LogP contribution is -2.40. The number of aliphatic hydroxyl groups excluding tert-OH is 1. The number of carbonyl (C=O) groups excluding carboxylic acids is 1. The molecule has 5 nitrogen and oxygen atoms in total. The summed E-state index contributed by atoms with van der Waals surface area (Å²) in [5.41, 5.74) is 0. The first kappa shape index (κ1) is 14.7. The van der Waals surface area contributed by atoms with Crippen LogP contribution >= 0.6 is 0 Å². The maximum Gasteiger partial charge on any atom is 0.234 e. The zero-order chi connectivity index (χ0) is 14.4. The SMILES string of the molecule is O=C(CNC1CC1)NCC(O)COc1ccc(F)cc1. The number of halogens is 1. The van der Waals surface area contributed by atoms with Crippen molar-refractivity contribution < 1.29 is 19.0 Å². The van der Waals surface area contributed by atoms with Crippen molar-refractivity contribution in [3.05, 3.63) is 30.1 Å². The molecular formula is C14H19FN2O3. The fourth-order valence-electron chi connectivity index (χ4n) is 1.60. The van der Waals surface area contributed by atoms with Crippen LogP contribution < -0.4 is 15.4 Å². The lowest BCUT2D eigenvalue weighted by Gasteiger charge is -2.13. The molecule has 0 heterocycles. The maximum absolute atomic E-state index is 12.7. The highest BCUT2D eigenvalue weighted by molar-refractivity contribution is 5.78. The van der Waals surface area contributed by atoms with Gasteiger partial charge in [0.1, 0.15) is 24.3 Å². The zero-order valence-electron chi connectivity index (χ0n) is 11.1. The number of aliphatic hydroxyl groups is 1. The summed E-state index contributed by atoms with van der Waals surface area (Å²) in [5, 5.41) is 15.4. The molecule has 1 aliphatic carbocycles. The number of hydrogen-bond donors (Lipinski definition) is 3. The van der Waals surface area contributed by atoms with Gasteiger partial charge in [0.15, 0.2) is 0 Å². The minimum Gasteiger partial charge on any atom is -0.491 e. The molecule has 0 aliphatic heterocycles. The Balaban J connectivity index is 1.58. The van der Waals surface area contributed by atoms with Crippen LogP contribution in [0.2, 0.25) is 0 Å². The Bertz CT molecular complexity index is 435. The summed E-state index contributed by atoms with van der Waals surface area (Å²) in [6, 6.07) is 6.02. The lowest BCUT2D eigenvalue weighted by molar-refractivity contribution is -0.120. The average molecular weight is 282 g/mol. The quantitative estimate of drug-likeness (QED) is 0.647. The maximum atomic E-state index is 12.7. The smallest absolute Gasteiger partial charge is 0.234 e. The monoisotopic (exact) mass is 282 g/mol. The van der Waals surface area contributed by atoms with Gasteiger partial charge in [0.2, 0.25) is 5.91 Å². The van der Waals surface area contributed by atoms with E-state index in [1.165, 1.54) is 24.3 Å². The fourth-order valence-corrected chi connectivity index (χ4v) is 1.60. The van der Waals surface area contributed by atoms with E-state index >= 15 is 0 Å². The van der Waals surface area contributed by atoms with Crippen LogP contribution in [-0.2, 0) is 4.79 Å². The van der Waals surface area contributed by atoms with Gasteiger partial charge in [-0.15, -0.1) is 0 Å². The van der Waals surface area contributed by atoms with Crippen LogP contribution in [0.15, 0.2) is 24.3 Å². The molecule has 1 unspecified atom stereocenters. The molecule has 1 aromatic rings. The third-order valence-corrected chi connectivity index (χ3v) is 2.92. The van der Waals surface area contributed by atoms with Gasteiger partial charge in [-0.2, -0.15) is 0 Å². The van der Waals surface area contributed by atoms with E-state index in [1.807, 2.05) is 0 Å². The van der Waals surface area contributed by atoms with Gasteiger partial charge in [-0.05, 0) is 37.1 Å². The van der Waals surface area contributed by atoms with Crippen molar-refractivity contribution in [2.75, 3.05) is 19.7 Å². The first-order valence-corrected chi connectivity index (χ1v) is 6.70. The Morgan fingerprint density at radius 3 is 2.75 bits per heavy atom. The molecule has 6 heteroatoms. The Hall–Kier alpha value is -1.66. The second-order valence-corrected chi connectivity index (χ2v) is 4.88. The zero-order valence-corrected chi connectivity index (χ0v) is 11.1. The third-order valence-electron chi connectivity index (χ3n) is 2.92. The van der Waals surface area contributed by atoms with E-state index in [0.717, 1.165) is 12.8 Å². The Morgan fingerprint density at radius 2 is 2.10 bits per heavy atom. The molecule has 1 aromatic carbocycles. The minimum atomic E-state index is -0.801. The molecule has 2 rings (SSSR count). The van der Waals surface area contributed by atoms with Gasteiger partial charge < -0.3 is 20.5 Å². The molecule has 1 saturated carbocycles. The van der Waals surface area contributed by atoms with Crippen LogP contribution in [-0.4, -0.2) is 42.9 Å². The van der Waals surface area contributed by atoms with Crippen molar-refractivity contribution >= 4 is 5.91 Å². The van der Waals surface area contributed by atoms with Crippen LogP contribution in [0, 0.1) is 5.82 Å². The summed E-state index contributed by atoms with van der Waals surface area (Å²) in [6.45, 7) is 0.449. The van der Waals surface area contributed by atoms with Gasteiger partial charge in [0.25, 0.3) is 0 Å². The molecule has 1 amide bonds. The van der Waals surface area contributed by atoms with Crippen molar-refractivity contribution in [2.45, 2.75) is 25.0 Å². The van der Waals surface area contributed by atoms with Gasteiger partial charge in [-0.25, -0.2) is 4.39 Å². The van der Waals surface area contributed by atoms with E-state index in [1.54, 1.807) is 0 Å². The van der Waals surface area contributed by atoms with Gasteiger partial charge in [0, 0.05) is 12.6 Å². The molecule has 0 saturated heterocycles. The molecule has 1 fully saturated rings. The number of benzene rings is 1. The molecule has 1 aliphatic rings. The van der Waals surface area contributed by atoms with Crippen molar-refractivity contribution in [2.24, 2.45) is 0 Å². The number of carbonyl (C=O) groups is 1. The standard InChI is InChI=1S/C14H19FN2O3/c15-10-1-5-13(6-2-10)20-9-12(18)7-17-14(19)8-16-11-3-4-11/h1-2,5-6,11-12,16,18H,3-4,7-9H2,(H,17,19). The lowest BCUT2D eigenvalue weighted by atomic mass is 10.3. The van der Waals surface area contributed by atoms with Gasteiger partial charge in [-0.1, -0.05) is 0 Å². The van der Waals surface area contributed by atoms with Gasteiger partial charge >= 0.3 is 0 Å². The van der Waals surface area contributed by atoms with Gasteiger partial charge in [0.05, 0.1) is 6.54 Å². The van der Waals surface area contributed by atoms with Crippen LogP contribution in [0.3, 0.4) is 0 Å². The Labute approximate surface area is 117 Å². The minimum absolute atomic E-state index is 0.0436. The summed E-state index contributed by atoms with van der Waals surface area (Å²) in [6.07, 6.45) is 1.45. The highest BCUT2D eigenvalue weighted by Gasteiger charge is 2.21. The summed E-state index contributed by atoms with van der Waals surface area (Å²) in [4.78, 5) is 11.4. The van der Waals surface area contributed by atoms with Crippen LogP contribution in [0.1, 0.15) is 12.8 Å². The largest absolute Gasteiger partial charge is 0.491 e. The van der Waals surface area contributed by atoms with E-state index in [-0.39, 0.29) is 31.4 Å². The summed E-state index contributed by atoms with van der Waals surface area (Å²) < 4.78 is 18.0. The number of hydrogen-bond acceptors (Lipinski definition) is 4. The predicted octanol–water partition coefficient (Wildman–Crippen LogP) is 0.434. The van der Waals surface area contributed by atoms with E-state index in [0.29, 0.717) is 11.8 Å². The number of rotatable bonds is 8. The van der Waals surface area contributed by atoms with Crippen molar-refractivity contribution in [3.8, 4) is 5.75 Å². The van der Waals surface area contributed by atoms with Gasteiger partial charge in [-0.3, -0.25) is 4.79 Å². The van der Waals surface area contributed by atoms with Crippen molar-refractivity contribution in [3.63, 3.8) is 0 Å². The number of ether oxygens (including phenoxy) is 1. The van der Waals surface area contributed by atoms with Crippen molar-refractivity contribution in [1.29, 1.82) is 0 Å². The van der Waals surface area contributed by atoms with Crippen LogP contribution in [0.4, 0.5) is 4.39 Å². The molecule has 20 heavy (non-hydrogen) atoms. The first-order valence-electron chi connectivity index (χ1n) is 6.70. The van der Waals surface area contributed by atoms with Crippen LogP contribution in [0.25, 0.3) is 0 Å². The summed E-state index contributed by atoms with van der Waals surface area (Å²) in [5.74, 6) is -0.00164. The molecule has 0 aromatic heterocycles. The molecular weight excluding hydrogens is 263 g/mol. The Kier molecular flexibility index (Phi) is 5.31. The second-order valence-electron chi connectivity index (χ2n) is 4.88. The average Bonchev–Trinajstić information content (AvgIpc) is 3.26. The predicted molar refractivity (Wildman–Crippen MR) is 71.9 cm³/mol. The normalized spacial score (nSPS) is 15.7.